The first-order valence-electron chi connectivity index (χ1n) is 8.78. The van der Waals surface area contributed by atoms with E-state index in [-0.39, 0.29) is 48.8 Å². The van der Waals surface area contributed by atoms with Crippen molar-refractivity contribution in [3.05, 3.63) is 62.9 Å². The number of carbonyl (C=O) groups is 4. The smallest absolute Gasteiger partial charge is 0.293 e. The molecule has 0 bridgehead atoms. The quantitative estimate of drug-likeness (QED) is 0.508. The van der Waals surface area contributed by atoms with Crippen molar-refractivity contribution >= 4 is 52.0 Å². The zero-order valence-corrected chi connectivity index (χ0v) is 16.9. The van der Waals surface area contributed by atoms with Gasteiger partial charge >= 0.3 is 0 Å². The Morgan fingerprint density at radius 2 is 1.86 bits per heavy atom. The molecule has 1 fully saturated rings. The van der Waals surface area contributed by atoms with Crippen LogP contribution in [0, 0.1) is 5.82 Å². The molecule has 1 aromatic heterocycles. The number of imide groups is 1. The number of ketones is 1. The van der Waals surface area contributed by atoms with E-state index in [1.807, 2.05) is 17.5 Å². The van der Waals surface area contributed by atoms with Crippen LogP contribution >= 0.6 is 23.1 Å². The van der Waals surface area contributed by atoms with Crippen LogP contribution in [0.2, 0.25) is 0 Å². The van der Waals surface area contributed by atoms with Gasteiger partial charge < -0.3 is 5.32 Å². The topological polar surface area (TPSA) is 83.6 Å². The average Bonchev–Trinajstić information content (AvgIpc) is 3.30. The van der Waals surface area contributed by atoms with E-state index in [9.17, 15) is 23.6 Å². The number of benzene rings is 1. The monoisotopic (exact) mass is 432 g/mol. The molecule has 2 aromatic rings. The molecule has 1 saturated heterocycles. The third kappa shape index (κ3) is 5.61. The van der Waals surface area contributed by atoms with Crippen LogP contribution in [0.4, 0.5) is 9.18 Å². The SMILES string of the molecule is O=C(CCC(=O)c1ccc(F)cc1)NCCN1C(=O)SC(=Cc2cccs2)C1=O. The third-order valence-corrected chi connectivity index (χ3v) is 5.82. The zero-order valence-electron chi connectivity index (χ0n) is 15.2. The van der Waals surface area contributed by atoms with Crippen molar-refractivity contribution in [2.45, 2.75) is 12.8 Å². The normalized spacial score (nSPS) is 15.2. The minimum absolute atomic E-state index is 0.0113. The largest absolute Gasteiger partial charge is 0.354 e. The fourth-order valence-electron chi connectivity index (χ4n) is 2.60. The Hall–Kier alpha value is -2.78. The summed E-state index contributed by atoms with van der Waals surface area (Å²) in [5.41, 5.74) is 0.342. The number of carbonyl (C=O) groups excluding carboxylic acids is 4. The van der Waals surface area contributed by atoms with Crippen LogP contribution in [-0.2, 0) is 9.59 Å². The maximum Gasteiger partial charge on any atom is 0.293 e. The minimum Gasteiger partial charge on any atom is -0.354 e. The lowest BCUT2D eigenvalue weighted by molar-refractivity contribution is -0.124. The van der Waals surface area contributed by atoms with E-state index in [1.54, 1.807) is 6.08 Å². The second kappa shape index (κ2) is 9.62. The summed E-state index contributed by atoms with van der Waals surface area (Å²) in [6, 6.07) is 8.84. The highest BCUT2D eigenvalue weighted by molar-refractivity contribution is 8.18. The number of hydrogen-bond donors (Lipinski definition) is 1. The summed E-state index contributed by atoms with van der Waals surface area (Å²) >= 11 is 2.34. The molecule has 3 rings (SSSR count). The van der Waals surface area contributed by atoms with E-state index >= 15 is 0 Å². The predicted molar refractivity (Wildman–Crippen MR) is 110 cm³/mol. The van der Waals surface area contributed by atoms with Gasteiger partial charge in [0.1, 0.15) is 5.82 Å². The maximum absolute atomic E-state index is 12.9. The molecule has 6 nitrogen and oxygen atoms in total. The Labute approximate surface area is 174 Å². The Kier molecular flexibility index (Phi) is 6.95. The standard InChI is InChI=1S/C20H17FN2O4S2/c21-14-5-3-13(4-6-14)16(24)7-8-18(25)22-9-10-23-19(26)17(29-20(23)27)12-15-2-1-11-28-15/h1-6,11-12H,7-10H2,(H,22,25). The summed E-state index contributed by atoms with van der Waals surface area (Å²) in [5, 5.41) is 4.11. The Bertz CT molecular complexity index is 955. The molecular weight excluding hydrogens is 415 g/mol. The van der Waals surface area contributed by atoms with Gasteiger partial charge in [0.2, 0.25) is 5.91 Å². The van der Waals surface area contributed by atoms with Gasteiger partial charge in [-0.3, -0.25) is 24.1 Å². The summed E-state index contributed by atoms with van der Waals surface area (Å²) in [4.78, 5) is 50.6. The molecule has 0 saturated carbocycles. The van der Waals surface area contributed by atoms with E-state index in [1.165, 1.54) is 35.6 Å². The van der Waals surface area contributed by atoms with Gasteiger partial charge in [-0.2, -0.15) is 0 Å². The van der Waals surface area contributed by atoms with Crippen LogP contribution in [0.1, 0.15) is 28.1 Å². The van der Waals surface area contributed by atoms with Crippen LogP contribution in [0.25, 0.3) is 6.08 Å². The van der Waals surface area contributed by atoms with Crippen molar-refractivity contribution in [3.63, 3.8) is 0 Å². The van der Waals surface area contributed by atoms with Crippen molar-refractivity contribution in [2.75, 3.05) is 13.1 Å². The fraction of sp³-hybridized carbons (Fsp3) is 0.200. The van der Waals surface area contributed by atoms with Crippen molar-refractivity contribution < 1.29 is 23.6 Å². The Balaban J connectivity index is 1.43. The summed E-state index contributed by atoms with van der Waals surface area (Å²) in [6.07, 6.45) is 1.63. The van der Waals surface area contributed by atoms with E-state index in [0.29, 0.717) is 10.5 Å². The highest BCUT2D eigenvalue weighted by atomic mass is 32.2. The molecule has 1 aliphatic heterocycles. The molecule has 1 aliphatic rings. The second-order valence-corrected chi connectivity index (χ2v) is 8.10. The van der Waals surface area contributed by atoms with E-state index in [2.05, 4.69) is 5.32 Å². The molecule has 1 aromatic carbocycles. The number of nitrogens with one attached hydrogen (secondary N) is 1. The van der Waals surface area contributed by atoms with E-state index in [4.69, 9.17) is 0 Å². The van der Waals surface area contributed by atoms with E-state index in [0.717, 1.165) is 21.5 Å². The summed E-state index contributed by atoms with van der Waals surface area (Å²) < 4.78 is 12.9. The fourth-order valence-corrected chi connectivity index (χ4v) is 4.19. The summed E-state index contributed by atoms with van der Waals surface area (Å²) in [6.45, 7) is 0.165. The molecule has 2 heterocycles. The number of hydrogen-bond acceptors (Lipinski definition) is 6. The van der Waals surface area contributed by atoms with Crippen molar-refractivity contribution in [1.82, 2.24) is 10.2 Å². The van der Waals surface area contributed by atoms with Crippen LogP contribution in [0.3, 0.4) is 0 Å². The van der Waals surface area contributed by atoms with Gasteiger partial charge in [-0.15, -0.1) is 11.3 Å². The number of nitrogens with zero attached hydrogens (tertiary/aromatic N) is 1. The van der Waals surface area contributed by atoms with Gasteiger partial charge in [0.25, 0.3) is 11.1 Å². The molecule has 9 heteroatoms. The Morgan fingerprint density at radius 1 is 1.10 bits per heavy atom. The highest BCUT2D eigenvalue weighted by Crippen LogP contribution is 2.32. The first-order chi connectivity index (χ1) is 13.9. The summed E-state index contributed by atoms with van der Waals surface area (Å²) in [7, 11) is 0. The molecule has 0 aliphatic carbocycles. The van der Waals surface area contributed by atoms with Crippen LogP contribution in [-0.4, -0.2) is 40.8 Å². The molecular formula is C20H17FN2O4S2. The molecule has 0 atom stereocenters. The lowest BCUT2D eigenvalue weighted by atomic mass is 10.1. The van der Waals surface area contributed by atoms with Crippen LogP contribution in [0.5, 0.6) is 0 Å². The van der Waals surface area contributed by atoms with Gasteiger partial charge in [-0.05, 0) is 53.5 Å². The summed E-state index contributed by atoms with van der Waals surface area (Å²) in [5.74, 6) is -1.43. The number of rotatable bonds is 8. The van der Waals surface area contributed by atoms with E-state index < -0.39 is 5.82 Å². The van der Waals surface area contributed by atoms with Crippen LogP contribution < -0.4 is 5.32 Å². The molecule has 0 spiro atoms. The van der Waals surface area contributed by atoms with Gasteiger partial charge in [-0.1, -0.05) is 6.07 Å². The van der Waals surface area contributed by atoms with Gasteiger partial charge in [-0.25, -0.2) is 4.39 Å². The number of thiophene rings is 1. The molecule has 3 amide bonds. The molecule has 0 radical (unpaired) electrons. The maximum atomic E-state index is 12.9. The third-order valence-electron chi connectivity index (χ3n) is 4.09. The molecule has 0 unspecified atom stereocenters. The Morgan fingerprint density at radius 3 is 2.55 bits per heavy atom. The first-order valence-corrected chi connectivity index (χ1v) is 10.5. The first kappa shape index (κ1) is 20.9. The number of halogens is 1. The minimum atomic E-state index is -0.433. The zero-order chi connectivity index (χ0) is 20.8. The number of thioether (sulfide) groups is 1. The predicted octanol–water partition coefficient (Wildman–Crippen LogP) is 3.70. The van der Waals surface area contributed by atoms with Crippen molar-refractivity contribution in [3.8, 4) is 0 Å². The second-order valence-electron chi connectivity index (χ2n) is 6.13. The number of Topliss-reactive ketones (excluding diaryl/α,β-unsaturated/α-hetero) is 1. The van der Waals surface area contributed by atoms with Crippen LogP contribution in [0.15, 0.2) is 46.7 Å². The van der Waals surface area contributed by atoms with Gasteiger partial charge in [0, 0.05) is 36.4 Å². The lowest BCUT2D eigenvalue weighted by Gasteiger charge is -2.12. The van der Waals surface area contributed by atoms with Gasteiger partial charge in [0.05, 0.1) is 4.91 Å². The highest BCUT2D eigenvalue weighted by Gasteiger charge is 2.34. The number of amides is 3. The van der Waals surface area contributed by atoms with Crippen molar-refractivity contribution in [2.24, 2.45) is 0 Å². The molecule has 150 valence electrons. The molecule has 29 heavy (non-hydrogen) atoms. The van der Waals surface area contributed by atoms with Gasteiger partial charge in [0.15, 0.2) is 5.78 Å². The lowest BCUT2D eigenvalue weighted by Crippen LogP contribution is -2.37. The van der Waals surface area contributed by atoms with Crippen molar-refractivity contribution in [1.29, 1.82) is 0 Å². The molecule has 1 N–H and O–H groups in total. The average molecular weight is 432 g/mol.